The van der Waals surface area contributed by atoms with Gasteiger partial charge in [0.2, 0.25) is 11.8 Å². The van der Waals surface area contributed by atoms with Gasteiger partial charge >= 0.3 is 0 Å². The van der Waals surface area contributed by atoms with Crippen LogP contribution in [0.25, 0.3) is 22.8 Å². The molecular formula is C19H15N3O2S. The quantitative estimate of drug-likeness (QED) is 0.473. The van der Waals surface area contributed by atoms with Crippen molar-refractivity contribution < 1.29 is 8.83 Å². The van der Waals surface area contributed by atoms with E-state index >= 15 is 0 Å². The Hall–Kier alpha value is -2.86. The Kier molecular flexibility index (Phi) is 4.35. The second-order valence-electron chi connectivity index (χ2n) is 5.51. The number of thioether (sulfide) groups is 1. The van der Waals surface area contributed by atoms with Crippen LogP contribution in [-0.4, -0.2) is 15.2 Å². The Morgan fingerprint density at radius 3 is 2.48 bits per heavy atom. The molecule has 0 saturated carbocycles. The molecule has 0 aliphatic rings. The van der Waals surface area contributed by atoms with Gasteiger partial charge in [0, 0.05) is 11.1 Å². The minimum atomic E-state index is 0.495. The molecule has 0 spiro atoms. The number of hydrogen-bond donors (Lipinski definition) is 0. The van der Waals surface area contributed by atoms with E-state index in [2.05, 4.69) is 15.2 Å². The first-order valence-electron chi connectivity index (χ1n) is 7.81. The number of aryl methyl sites for hydroxylation is 1. The van der Waals surface area contributed by atoms with Crippen LogP contribution in [0.1, 0.15) is 11.5 Å². The molecule has 0 bridgehead atoms. The van der Waals surface area contributed by atoms with Gasteiger partial charge in [0.05, 0.1) is 11.9 Å². The smallest absolute Gasteiger partial charge is 0.277 e. The topological polar surface area (TPSA) is 65.0 Å². The number of benzene rings is 2. The predicted octanol–water partition coefficient (Wildman–Crippen LogP) is 4.99. The van der Waals surface area contributed by atoms with Gasteiger partial charge in [-0.15, -0.1) is 10.2 Å². The molecule has 2 heterocycles. The van der Waals surface area contributed by atoms with Crippen LogP contribution in [-0.2, 0) is 5.75 Å². The monoisotopic (exact) mass is 349 g/mol. The van der Waals surface area contributed by atoms with Crippen LogP contribution in [0.4, 0.5) is 0 Å². The zero-order valence-electron chi connectivity index (χ0n) is 13.5. The average Bonchev–Trinajstić information content (AvgIpc) is 3.31. The van der Waals surface area contributed by atoms with E-state index < -0.39 is 0 Å². The third kappa shape index (κ3) is 3.64. The molecule has 0 saturated heterocycles. The van der Waals surface area contributed by atoms with Crippen molar-refractivity contribution in [2.75, 3.05) is 0 Å². The van der Waals surface area contributed by atoms with Gasteiger partial charge in [-0.25, -0.2) is 4.98 Å². The SMILES string of the molecule is Cc1ccc(-c2nnc(SCc3ncc(-c4ccccc4)o3)o2)cc1. The number of rotatable bonds is 5. The highest BCUT2D eigenvalue weighted by Crippen LogP contribution is 2.27. The lowest BCUT2D eigenvalue weighted by Gasteiger charge is -1.96. The standard InChI is InChI=1S/C19H15N3O2S/c1-13-7-9-15(10-8-13)18-21-22-19(24-18)25-12-17-20-11-16(23-17)14-5-3-2-4-6-14/h2-11H,12H2,1H3. The summed E-state index contributed by atoms with van der Waals surface area (Å²) < 4.78 is 11.5. The van der Waals surface area contributed by atoms with E-state index in [1.807, 2.05) is 61.5 Å². The van der Waals surface area contributed by atoms with Crippen molar-refractivity contribution in [2.45, 2.75) is 17.9 Å². The van der Waals surface area contributed by atoms with E-state index in [1.165, 1.54) is 17.3 Å². The normalized spacial score (nSPS) is 10.9. The number of nitrogens with zero attached hydrogens (tertiary/aromatic N) is 3. The van der Waals surface area contributed by atoms with Crippen molar-refractivity contribution in [3.8, 4) is 22.8 Å². The van der Waals surface area contributed by atoms with Crippen molar-refractivity contribution in [2.24, 2.45) is 0 Å². The summed E-state index contributed by atoms with van der Waals surface area (Å²) in [6, 6.07) is 17.9. The molecule has 6 heteroatoms. The van der Waals surface area contributed by atoms with Crippen LogP contribution < -0.4 is 0 Å². The third-order valence-corrected chi connectivity index (χ3v) is 4.44. The Labute approximate surface area is 149 Å². The molecule has 0 aliphatic heterocycles. The largest absolute Gasteiger partial charge is 0.440 e. The first kappa shape index (κ1) is 15.7. The second-order valence-corrected chi connectivity index (χ2v) is 6.44. The number of aromatic nitrogens is 3. The zero-order valence-corrected chi connectivity index (χ0v) is 14.4. The molecule has 0 atom stereocenters. The third-order valence-electron chi connectivity index (χ3n) is 3.64. The molecule has 0 fully saturated rings. The van der Waals surface area contributed by atoms with Gasteiger partial charge in [0.1, 0.15) is 0 Å². The summed E-state index contributed by atoms with van der Waals surface area (Å²) >= 11 is 1.40. The molecule has 4 rings (SSSR count). The van der Waals surface area contributed by atoms with Gasteiger partial charge in [-0.05, 0) is 19.1 Å². The molecule has 2 aromatic heterocycles. The molecule has 0 unspecified atom stereocenters. The first-order valence-corrected chi connectivity index (χ1v) is 8.80. The summed E-state index contributed by atoms with van der Waals surface area (Å²) in [5, 5.41) is 8.66. The van der Waals surface area contributed by atoms with Crippen molar-refractivity contribution in [3.63, 3.8) is 0 Å². The van der Waals surface area contributed by atoms with E-state index in [1.54, 1.807) is 6.20 Å². The summed E-state index contributed by atoms with van der Waals surface area (Å²) in [4.78, 5) is 4.30. The average molecular weight is 349 g/mol. The molecule has 0 amide bonds. The van der Waals surface area contributed by atoms with Gasteiger partial charge in [-0.2, -0.15) is 0 Å². The molecule has 5 nitrogen and oxygen atoms in total. The molecular weight excluding hydrogens is 334 g/mol. The van der Waals surface area contributed by atoms with Crippen molar-refractivity contribution >= 4 is 11.8 Å². The summed E-state index contributed by atoms with van der Waals surface area (Å²) in [7, 11) is 0. The fourth-order valence-electron chi connectivity index (χ4n) is 2.32. The van der Waals surface area contributed by atoms with E-state index in [0.29, 0.717) is 22.8 Å². The molecule has 0 aliphatic carbocycles. The van der Waals surface area contributed by atoms with E-state index in [0.717, 1.165) is 16.9 Å². The summed E-state index contributed by atoms with van der Waals surface area (Å²) in [5.41, 5.74) is 3.11. The number of oxazole rings is 1. The van der Waals surface area contributed by atoms with Crippen molar-refractivity contribution in [1.82, 2.24) is 15.2 Å². The maximum atomic E-state index is 5.77. The van der Waals surface area contributed by atoms with E-state index in [4.69, 9.17) is 8.83 Å². The molecule has 4 aromatic rings. The predicted molar refractivity (Wildman–Crippen MR) is 96.0 cm³/mol. The lowest BCUT2D eigenvalue weighted by atomic mass is 10.1. The van der Waals surface area contributed by atoms with Crippen molar-refractivity contribution in [1.29, 1.82) is 0 Å². The Morgan fingerprint density at radius 1 is 0.880 bits per heavy atom. The minimum absolute atomic E-state index is 0.495. The van der Waals surface area contributed by atoms with Crippen molar-refractivity contribution in [3.05, 3.63) is 72.2 Å². The fourth-order valence-corrected chi connectivity index (χ4v) is 2.93. The summed E-state index contributed by atoms with van der Waals surface area (Å²) in [6.07, 6.45) is 1.73. The van der Waals surface area contributed by atoms with Crippen LogP contribution >= 0.6 is 11.8 Å². The summed E-state index contributed by atoms with van der Waals surface area (Å²) in [6.45, 7) is 2.04. The van der Waals surface area contributed by atoms with Gasteiger partial charge in [-0.1, -0.05) is 59.8 Å². The Morgan fingerprint density at radius 2 is 1.68 bits per heavy atom. The van der Waals surface area contributed by atoms with Gasteiger partial charge in [-0.3, -0.25) is 0 Å². The van der Waals surface area contributed by atoms with Gasteiger partial charge in [0.25, 0.3) is 5.22 Å². The molecule has 2 aromatic carbocycles. The lowest BCUT2D eigenvalue weighted by Crippen LogP contribution is -1.79. The molecule has 124 valence electrons. The van der Waals surface area contributed by atoms with E-state index in [9.17, 15) is 0 Å². The van der Waals surface area contributed by atoms with Gasteiger partial charge in [0.15, 0.2) is 5.76 Å². The molecule has 0 N–H and O–H groups in total. The Bertz CT molecular complexity index is 962. The molecule has 25 heavy (non-hydrogen) atoms. The highest BCUT2D eigenvalue weighted by Gasteiger charge is 2.11. The highest BCUT2D eigenvalue weighted by molar-refractivity contribution is 7.98. The van der Waals surface area contributed by atoms with Crippen LogP contribution in [0.3, 0.4) is 0 Å². The Balaban J connectivity index is 1.42. The fraction of sp³-hybridized carbons (Fsp3) is 0.105. The highest BCUT2D eigenvalue weighted by atomic mass is 32.2. The summed E-state index contributed by atoms with van der Waals surface area (Å²) in [5.74, 6) is 2.42. The molecule has 0 radical (unpaired) electrons. The van der Waals surface area contributed by atoms with Crippen LogP contribution in [0.2, 0.25) is 0 Å². The second kappa shape index (κ2) is 6.94. The van der Waals surface area contributed by atoms with E-state index in [-0.39, 0.29) is 0 Å². The zero-order chi connectivity index (χ0) is 17.1. The first-order chi connectivity index (χ1) is 12.3. The maximum absolute atomic E-state index is 5.77. The van der Waals surface area contributed by atoms with Crippen LogP contribution in [0.5, 0.6) is 0 Å². The minimum Gasteiger partial charge on any atom is -0.440 e. The van der Waals surface area contributed by atoms with Crippen LogP contribution in [0, 0.1) is 6.92 Å². The van der Waals surface area contributed by atoms with Gasteiger partial charge < -0.3 is 8.83 Å². The lowest BCUT2D eigenvalue weighted by molar-refractivity contribution is 0.464. The number of hydrogen-bond acceptors (Lipinski definition) is 6. The maximum Gasteiger partial charge on any atom is 0.277 e. The van der Waals surface area contributed by atoms with Crippen LogP contribution in [0.15, 0.2) is 74.9 Å².